The van der Waals surface area contributed by atoms with Crippen molar-refractivity contribution in [3.05, 3.63) is 90.5 Å². The second kappa shape index (κ2) is 7.65. The molecule has 0 amide bonds. The number of hydrogen-bond donors (Lipinski definition) is 0. The van der Waals surface area contributed by atoms with Gasteiger partial charge in [0.05, 0.1) is 0 Å². The molecule has 0 atom stereocenters. The fourth-order valence-electron chi connectivity index (χ4n) is 1.69. The molecule has 0 aliphatic rings. The van der Waals surface area contributed by atoms with E-state index in [0.29, 0.717) is 5.75 Å². The Morgan fingerprint density at radius 2 is 1.62 bits per heavy atom. The Kier molecular flexibility index (Phi) is 5.30. The molecule has 0 saturated carbocycles. The first-order valence-corrected chi connectivity index (χ1v) is 6.62. The van der Waals surface area contributed by atoms with Crippen molar-refractivity contribution in [1.82, 2.24) is 0 Å². The standard InChI is InChI=1S/C19H16O2/c1-2-16-12-14-18(15-13-16)21-19(20)11-7-6-10-17-8-4-3-5-9-17/h2-15H,1H2/b10-6+,11-7?. The molecule has 0 bridgehead atoms. The summed E-state index contributed by atoms with van der Waals surface area (Å²) >= 11 is 0. The van der Waals surface area contributed by atoms with E-state index in [1.54, 1.807) is 30.4 Å². The number of carbonyl (C=O) groups excluding carboxylic acids is 1. The van der Waals surface area contributed by atoms with Gasteiger partial charge < -0.3 is 4.74 Å². The lowest BCUT2D eigenvalue weighted by Gasteiger charge is -2.00. The summed E-state index contributed by atoms with van der Waals surface area (Å²) in [6, 6.07) is 17.0. The number of carbonyl (C=O) groups is 1. The summed E-state index contributed by atoms with van der Waals surface area (Å²) in [4.78, 5) is 11.6. The fraction of sp³-hybridized carbons (Fsp3) is 0. The molecule has 0 radical (unpaired) electrons. The largest absolute Gasteiger partial charge is 0.423 e. The van der Waals surface area contributed by atoms with Crippen LogP contribution in [-0.2, 0) is 4.79 Å². The van der Waals surface area contributed by atoms with Crippen molar-refractivity contribution in [2.75, 3.05) is 0 Å². The van der Waals surface area contributed by atoms with Gasteiger partial charge in [-0.1, -0.05) is 73.3 Å². The average Bonchev–Trinajstić information content (AvgIpc) is 2.53. The number of allylic oxidation sites excluding steroid dienone is 2. The third-order valence-corrected chi connectivity index (χ3v) is 2.77. The predicted molar refractivity (Wildman–Crippen MR) is 86.8 cm³/mol. The highest BCUT2D eigenvalue weighted by molar-refractivity contribution is 5.84. The molecular weight excluding hydrogens is 260 g/mol. The van der Waals surface area contributed by atoms with Crippen LogP contribution >= 0.6 is 0 Å². The van der Waals surface area contributed by atoms with E-state index < -0.39 is 5.97 Å². The van der Waals surface area contributed by atoms with Crippen LogP contribution in [0.3, 0.4) is 0 Å². The SMILES string of the molecule is C=Cc1ccc(OC(=O)C=C/C=C/c2ccccc2)cc1. The van der Waals surface area contributed by atoms with Crippen LogP contribution in [0.25, 0.3) is 12.2 Å². The van der Waals surface area contributed by atoms with Crippen molar-refractivity contribution >= 4 is 18.1 Å². The molecule has 2 aromatic rings. The number of hydrogen-bond acceptors (Lipinski definition) is 2. The Morgan fingerprint density at radius 3 is 2.29 bits per heavy atom. The highest BCUT2D eigenvalue weighted by Crippen LogP contribution is 2.13. The maximum absolute atomic E-state index is 11.6. The van der Waals surface area contributed by atoms with Crippen LogP contribution in [-0.4, -0.2) is 5.97 Å². The monoisotopic (exact) mass is 276 g/mol. The van der Waals surface area contributed by atoms with Gasteiger partial charge in [-0.25, -0.2) is 4.79 Å². The first-order valence-electron chi connectivity index (χ1n) is 6.62. The summed E-state index contributed by atoms with van der Waals surface area (Å²) in [7, 11) is 0. The van der Waals surface area contributed by atoms with E-state index in [2.05, 4.69) is 6.58 Å². The second-order valence-corrected chi connectivity index (χ2v) is 4.32. The topological polar surface area (TPSA) is 26.3 Å². The number of esters is 1. The van der Waals surface area contributed by atoms with Crippen LogP contribution in [0.1, 0.15) is 11.1 Å². The van der Waals surface area contributed by atoms with Gasteiger partial charge in [0.1, 0.15) is 5.75 Å². The second-order valence-electron chi connectivity index (χ2n) is 4.32. The summed E-state index contributed by atoms with van der Waals surface area (Å²) in [5, 5.41) is 0. The molecule has 0 aromatic heterocycles. The van der Waals surface area contributed by atoms with Crippen molar-refractivity contribution in [3.8, 4) is 5.75 Å². The predicted octanol–water partition coefficient (Wildman–Crippen LogP) is 4.50. The van der Waals surface area contributed by atoms with Crippen molar-refractivity contribution in [1.29, 1.82) is 0 Å². The minimum absolute atomic E-state index is 0.404. The van der Waals surface area contributed by atoms with Gasteiger partial charge in [0, 0.05) is 6.08 Å². The molecule has 2 aromatic carbocycles. The molecule has 0 heterocycles. The van der Waals surface area contributed by atoms with Gasteiger partial charge in [-0.3, -0.25) is 0 Å². The molecule has 0 saturated heterocycles. The number of rotatable bonds is 5. The molecule has 21 heavy (non-hydrogen) atoms. The zero-order chi connectivity index (χ0) is 14.9. The van der Waals surface area contributed by atoms with E-state index in [1.807, 2.05) is 48.5 Å². The molecule has 104 valence electrons. The van der Waals surface area contributed by atoms with Crippen molar-refractivity contribution in [2.45, 2.75) is 0 Å². The molecule has 2 rings (SSSR count). The molecule has 2 nitrogen and oxygen atoms in total. The van der Waals surface area contributed by atoms with Gasteiger partial charge in [0.15, 0.2) is 0 Å². The lowest BCUT2D eigenvalue weighted by Crippen LogP contribution is -2.03. The number of ether oxygens (including phenoxy) is 1. The van der Waals surface area contributed by atoms with Gasteiger partial charge in [0.25, 0.3) is 0 Å². The fourth-order valence-corrected chi connectivity index (χ4v) is 1.69. The van der Waals surface area contributed by atoms with E-state index in [-0.39, 0.29) is 0 Å². The van der Waals surface area contributed by atoms with Crippen LogP contribution in [0.4, 0.5) is 0 Å². The summed E-state index contributed by atoms with van der Waals surface area (Å²) in [5.41, 5.74) is 2.06. The van der Waals surface area contributed by atoms with Crippen LogP contribution in [0.15, 0.2) is 79.4 Å². The van der Waals surface area contributed by atoms with Crippen LogP contribution in [0.2, 0.25) is 0 Å². The summed E-state index contributed by atoms with van der Waals surface area (Å²) in [5.74, 6) is 0.112. The summed E-state index contributed by atoms with van der Waals surface area (Å²) in [6.07, 6.45) is 8.51. The van der Waals surface area contributed by atoms with Crippen LogP contribution in [0, 0.1) is 0 Å². The Labute approximate surface area is 124 Å². The summed E-state index contributed by atoms with van der Waals surface area (Å²) in [6.45, 7) is 3.67. The Morgan fingerprint density at radius 1 is 0.905 bits per heavy atom. The molecule has 0 aliphatic heterocycles. The Hall–Kier alpha value is -2.87. The Balaban J connectivity index is 1.87. The summed E-state index contributed by atoms with van der Waals surface area (Å²) < 4.78 is 5.17. The molecule has 0 aliphatic carbocycles. The minimum atomic E-state index is -0.404. The lowest BCUT2D eigenvalue weighted by atomic mass is 10.2. The smallest absolute Gasteiger partial charge is 0.336 e. The van der Waals surface area contributed by atoms with Crippen molar-refractivity contribution < 1.29 is 9.53 Å². The third-order valence-electron chi connectivity index (χ3n) is 2.77. The van der Waals surface area contributed by atoms with E-state index >= 15 is 0 Å². The zero-order valence-corrected chi connectivity index (χ0v) is 11.6. The average molecular weight is 276 g/mol. The molecule has 0 unspecified atom stereocenters. The van der Waals surface area contributed by atoms with Gasteiger partial charge >= 0.3 is 5.97 Å². The maximum Gasteiger partial charge on any atom is 0.336 e. The Bertz CT molecular complexity index is 650. The molecule has 0 N–H and O–H groups in total. The molecular formula is C19H16O2. The first kappa shape index (κ1) is 14.5. The van der Waals surface area contributed by atoms with E-state index in [0.717, 1.165) is 11.1 Å². The van der Waals surface area contributed by atoms with Crippen molar-refractivity contribution in [3.63, 3.8) is 0 Å². The van der Waals surface area contributed by atoms with E-state index in [1.165, 1.54) is 6.08 Å². The zero-order valence-electron chi connectivity index (χ0n) is 11.6. The molecule has 0 fully saturated rings. The quantitative estimate of drug-likeness (QED) is 0.348. The van der Waals surface area contributed by atoms with Crippen LogP contribution in [0.5, 0.6) is 5.75 Å². The van der Waals surface area contributed by atoms with E-state index in [4.69, 9.17) is 4.74 Å². The lowest BCUT2D eigenvalue weighted by molar-refractivity contribution is -0.128. The van der Waals surface area contributed by atoms with Crippen LogP contribution < -0.4 is 4.74 Å². The van der Waals surface area contributed by atoms with E-state index in [9.17, 15) is 4.79 Å². The highest BCUT2D eigenvalue weighted by Gasteiger charge is 1.98. The highest BCUT2D eigenvalue weighted by atomic mass is 16.5. The number of benzene rings is 2. The normalized spacial score (nSPS) is 10.9. The molecule has 0 spiro atoms. The van der Waals surface area contributed by atoms with Gasteiger partial charge in [-0.05, 0) is 23.3 Å². The van der Waals surface area contributed by atoms with Crippen molar-refractivity contribution in [2.24, 2.45) is 0 Å². The van der Waals surface area contributed by atoms with Gasteiger partial charge in [-0.15, -0.1) is 0 Å². The minimum Gasteiger partial charge on any atom is -0.423 e. The molecule has 2 heteroatoms. The first-order chi connectivity index (χ1) is 10.3. The van der Waals surface area contributed by atoms with Gasteiger partial charge in [-0.2, -0.15) is 0 Å². The third kappa shape index (κ3) is 4.96. The maximum atomic E-state index is 11.6. The van der Waals surface area contributed by atoms with Gasteiger partial charge in [0.2, 0.25) is 0 Å².